The topological polar surface area (TPSA) is 79.3 Å². The molecule has 0 fully saturated rings. The van der Waals surface area contributed by atoms with Gasteiger partial charge in [0, 0.05) is 30.2 Å². The van der Waals surface area contributed by atoms with Crippen LogP contribution in [0.2, 0.25) is 0 Å². The predicted molar refractivity (Wildman–Crippen MR) is 78.8 cm³/mol. The second kappa shape index (κ2) is 7.42. The zero-order valence-electron chi connectivity index (χ0n) is 11.8. The molecular formula is C16H15FN2O3. The van der Waals surface area contributed by atoms with Crippen molar-refractivity contribution in [3.63, 3.8) is 0 Å². The average molecular weight is 302 g/mol. The largest absolute Gasteiger partial charge is 0.392 e. The minimum Gasteiger partial charge on any atom is -0.392 e. The van der Waals surface area contributed by atoms with Gasteiger partial charge in [-0.25, -0.2) is 4.39 Å². The van der Waals surface area contributed by atoms with Crippen LogP contribution in [0.3, 0.4) is 0 Å². The van der Waals surface area contributed by atoms with Gasteiger partial charge < -0.3 is 10.4 Å². The second-order valence-electron chi connectivity index (χ2n) is 4.67. The van der Waals surface area contributed by atoms with Gasteiger partial charge in [-0.1, -0.05) is 0 Å². The van der Waals surface area contributed by atoms with E-state index in [1.54, 1.807) is 6.07 Å². The third-order valence-corrected chi connectivity index (χ3v) is 3.10. The summed E-state index contributed by atoms with van der Waals surface area (Å²) in [5.41, 5.74) is 1.34. The van der Waals surface area contributed by atoms with Crippen molar-refractivity contribution in [2.24, 2.45) is 0 Å². The molecule has 0 aliphatic heterocycles. The monoisotopic (exact) mass is 302 g/mol. The van der Waals surface area contributed by atoms with Gasteiger partial charge in [0.05, 0.1) is 18.5 Å². The number of Topliss-reactive ketones (excluding diaryl/α,β-unsaturated/α-hetero) is 1. The first-order valence-electron chi connectivity index (χ1n) is 6.72. The van der Waals surface area contributed by atoms with Gasteiger partial charge in [-0.05, 0) is 30.3 Å². The van der Waals surface area contributed by atoms with Crippen molar-refractivity contribution in [1.82, 2.24) is 4.98 Å². The summed E-state index contributed by atoms with van der Waals surface area (Å²) >= 11 is 0. The van der Waals surface area contributed by atoms with E-state index in [4.69, 9.17) is 5.11 Å². The Balaban J connectivity index is 1.90. The standard InChI is InChI=1S/C16H15FN2O3/c17-13-3-1-11(2-4-13)15(21)5-6-16(22)19-14-9-18-8-7-12(14)10-20/h1-4,7-9,20H,5-6,10H2,(H,19,22). The summed E-state index contributed by atoms with van der Waals surface area (Å²) in [6.07, 6.45) is 2.96. The Morgan fingerprint density at radius 3 is 2.55 bits per heavy atom. The van der Waals surface area contributed by atoms with Crippen LogP contribution in [0.15, 0.2) is 42.7 Å². The summed E-state index contributed by atoms with van der Waals surface area (Å²) in [5, 5.41) is 11.8. The fourth-order valence-corrected chi connectivity index (χ4v) is 1.89. The molecule has 1 heterocycles. The molecule has 0 unspecified atom stereocenters. The molecule has 22 heavy (non-hydrogen) atoms. The molecule has 2 N–H and O–H groups in total. The molecule has 1 aromatic heterocycles. The first kappa shape index (κ1) is 15.8. The van der Waals surface area contributed by atoms with Crippen molar-refractivity contribution in [3.05, 3.63) is 59.7 Å². The second-order valence-corrected chi connectivity index (χ2v) is 4.67. The predicted octanol–water partition coefficient (Wildman–Crippen LogP) is 2.31. The van der Waals surface area contributed by atoms with Crippen LogP contribution in [0, 0.1) is 5.82 Å². The molecule has 2 aromatic rings. The average Bonchev–Trinajstić information content (AvgIpc) is 2.54. The van der Waals surface area contributed by atoms with Crippen molar-refractivity contribution in [2.75, 3.05) is 5.32 Å². The maximum absolute atomic E-state index is 12.8. The minimum absolute atomic E-state index is 0.00400. The van der Waals surface area contributed by atoms with Crippen LogP contribution in [-0.4, -0.2) is 21.8 Å². The van der Waals surface area contributed by atoms with Gasteiger partial charge >= 0.3 is 0 Å². The Morgan fingerprint density at radius 1 is 1.14 bits per heavy atom. The maximum atomic E-state index is 12.8. The first-order valence-corrected chi connectivity index (χ1v) is 6.72. The number of aromatic nitrogens is 1. The van der Waals surface area contributed by atoms with E-state index in [-0.39, 0.29) is 31.1 Å². The molecule has 0 aliphatic carbocycles. The molecule has 2 rings (SSSR count). The van der Waals surface area contributed by atoms with Gasteiger partial charge in [-0.2, -0.15) is 0 Å². The Hall–Kier alpha value is -2.60. The molecule has 5 nitrogen and oxygen atoms in total. The van der Waals surface area contributed by atoms with Crippen LogP contribution in [0.25, 0.3) is 0 Å². The number of amides is 1. The number of rotatable bonds is 6. The molecule has 0 atom stereocenters. The smallest absolute Gasteiger partial charge is 0.224 e. The van der Waals surface area contributed by atoms with Gasteiger partial charge in [-0.15, -0.1) is 0 Å². The molecule has 1 amide bonds. The van der Waals surface area contributed by atoms with Crippen LogP contribution < -0.4 is 5.32 Å². The van der Waals surface area contributed by atoms with E-state index in [2.05, 4.69) is 10.3 Å². The van der Waals surface area contributed by atoms with Crippen LogP contribution >= 0.6 is 0 Å². The Morgan fingerprint density at radius 2 is 1.86 bits per heavy atom. The van der Waals surface area contributed by atoms with E-state index in [0.717, 1.165) is 0 Å². The van der Waals surface area contributed by atoms with Crippen LogP contribution in [0.1, 0.15) is 28.8 Å². The fraction of sp³-hybridized carbons (Fsp3) is 0.188. The lowest BCUT2D eigenvalue weighted by Crippen LogP contribution is -2.15. The van der Waals surface area contributed by atoms with E-state index >= 15 is 0 Å². The number of carbonyl (C=O) groups is 2. The highest BCUT2D eigenvalue weighted by molar-refractivity contribution is 6.00. The SMILES string of the molecule is O=C(CCC(=O)c1ccc(F)cc1)Nc1cnccc1CO. The van der Waals surface area contributed by atoms with Crippen molar-refractivity contribution < 1.29 is 19.1 Å². The zero-order valence-corrected chi connectivity index (χ0v) is 11.8. The number of pyridine rings is 1. The lowest BCUT2D eigenvalue weighted by Gasteiger charge is -2.08. The first-order chi connectivity index (χ1) is 10.6. The third kappa shape index (κ3) is 4.20. The van der Waals surface area contributed by atoms with Crippen molar-refractivity contribution in [3.8, 4) is 0 Å². The summed E-state index contributed by atoms with van der Waals surface area (Å²) in [7, 11) is 0. The Labute approximate surface area is 126 Å². The highest BCUT2D eigenvalue weighted by Gasteiger charge is 2.11. The fourth-order valence-electron chi connectivity index (χ4n) is 1.89. The molecule has 1 aromatic carbocycles. The molecule has 0 spiro atoms. The van der Waals surface area contributed by atoms with E-state index in [0.29, 0.717) is 16.8 Å². The normalized spacial score (nSPS) is 10.3. The van der Waals surface area contributed by atoms with Crippen molar-refractivity contribution in [2.45, 2.75) is 19.4 Å². The number of ketones is 1. The zero-order chi connectivity index (χ0) is 15.9. The highest BCUT2D eigenvalue weighted by Crippen LogP contribution is 2.14. The number of nitrogens with zero attached hydrogens (tertiary/aromatic N) is 1. The number of benzene rings is 1. The minimum atomic E-state index is -0.414. The summed E-state index contributed by atoms with van der Waals surface area (Å²) in [6.45, 7) is -0.216. The van der Waals surface area contributed by atoms with E-state index < -0.39 is 5.82 Å². The molecule has 6 heteroatoms. The molecule has 0 radical (unpaired) electrons. The van der Waals surface area contributed by atoms with Crippen LogP contribution in [-0.2, 0) is 11.4 Å². The lowest BCUT2D eigenvalue weighted by atomic mass is 10.1. The number of halogens is 1. The molecule has 0 saturated carbocycles. The van der Waals surface area contributed by atoms with E-state index in [1.165, 1.54) is 36.7 Å². The third-order valence-electron chi connectivity index (χ3n) is 3.10. The number of nitrogens with one attached hydrogen (secondary N) is 1. The van der Waals surface area contributed by atoms with Crippen molar-refractivity contribution >= 4 is 17.4 Å². The summed E-state index contributed by atoms with van der Waals surface area (Å²) in [4.78, 5) is 27.6. The van der Waals surface area contributed by atoms with Gasteiger partial charge in [-0.3, -0.25) is 14.6 Å². The lowest BCUT2D eigenvalue weighted by molar-refractivity contribution is -0.116. The van der Waals surface area contributed by atoms with Gasteiger partial charge in [0.2, 0.25) is 5.91 Å². The number of anilines is 1. The number of carbonyl (C=O) groups excluding carboxylic acids is 2. The number of hydrogen-bond donors (Lipinski definition) is 2. The number of hydrogen-bond acceptors (Lipinski definition) is 4. The number of aliphatic hydroxyl groups excluding tert-OH is 1. The molecule has 0 saturated heterocycles. The van der Waals surface area contributed by atoms with Gasteiger partial charge in [0.1, 0.15) is 5.82 Å². The highest BCUT2D eigenvalue weighted by atomic mass is 19.1. The van der Waals surface area contributed by atoms with Crippen LogP contribution in [0.5, 0.6) is 0 Å². The number of aliphatic hydroxyl groups is 1. The van der Waals surface area contributed by atoms with E-state index in [1.807, 2.05) is 0 Å². The maximum Gasteiger partial charge on any atom is 0.224 e. The molecular weight excluding hydrogens is 287 g/mol. The molecule has 0 bridgehead atoms. The Kier molecular flexibility index (Phi) is 5.32. The molecule has 114 valence electrons. The van der Waals surface area contributed by atoms with E-state index in [9.17, 15) is 14.0 Å². The summed E-state index contributed by atoms with van der Waals surface area (Å²) in [6, 6.07) is 6.79. The van der Waals surface area contributed by atoms with Crippen LogP contribution in [0.4, 0.5) is 10.1 Å². The van der Waals surface area contributed by atoms with Gasteiger partial charge in [0.15, 0.2) is 5.78 Å². The summed E-state index contributed by atoms with van der Waals surface area (Å²) in [5.74, 6) is -0.996. The molecule has 0 aliphatic rings. The quantitative estimate of drug-likeness (QED) is 0.803. The Bertz CT molecular complexity index is 671. The van der Waals surface area contributed by atoms with Gasteiger partial charge in [0.25, 0.3) is 0 Å². The van der Waals surface area contributed by atoms with Crippen molar-refractivity contribution in [1.29, 1.82) is 0 Å². The summed E-state index contributed by atoms with van der Waals surface area (Å²) < 4.78 is 12.8.